The number of nitro benzene ring substituents is 1. The highest BCUT2D eigenvalue weighted by atomic mass is 32.2. The molecule has 0 unspecified atom stereocenters. The van der Waals surface area contributed by atoms with Crippen molar-refractivity contribution < 1.29 is 4.92 Å². The molecule has 0 aliphatic heterocycles. The lowest BCUT2D eigenvalue weighted by Crippen LogP contribution is -1.94. The van der Waals surface area contributed by atoms with Crippen LogP contribution in [0, 0.1) is 22.0 Å². The third-order valence-electron chi connectivity index (χ3n) is 2.79. The monoisotopic (exact) mass is 298 g/mol. The molecular formula is C16H14N2O2S. The van der Waals surface area contributed by atoms with Crippen molar-refractivity contribution >= 4 is 17.4 Å². The number of para-hydroxylation sites is 1. The van der Waals surface area contributed by atoms with Gasteiger partial charge in [-0.05, 0) is 17.7 Å². The minimum atomic E-state index is -0.359. The molecule has 0 aliphatic carbocycles. The number of thioether (sulfide) groups is 1. The van der Waals surface area contributed by atoms with Gasteiger partial charge in [0.1, 0.15) is 0 Å². The average Bonchev–Trinajstić information content (AvgIpc) is 2.52. The van der Waals surface area contributed by atoms with Gasteiger partial charge in [0.15, 0.2) is 0 Å². The third-order valence-corrected chi connectivity index (χ3v) is 3.90. The molecule has 0 atom stereocenters. The highest BCUT2D eigenvalue weighted by molar-refractivity contribution is 7.98. The van der Waals surface area contributed by atoms with E-state index in [9.17, 15) is 10.1 Å². The number of nitrogens with two attached hydrogens (primary N) is 1. The highest BCUT2D eigenvalue weighted by Gasteiger charge is 2.13. The summed E-state index contributed by atoms with van der Waals surface area (Å²) in [6.07, 6.45) is 0. The van der Waals surface area contributed by atoms with Crippen molar-refractivity contribution in [3.63, 3.8) is 0 Å². The van der Waals surface area contributed by atoms with Gasteiger partial charge in [-0.1, -0.05) is 42.2 Å². The zero-order valence-electron chi connectivity index (χ0n) is 11.3. The molecule has 0 saturated heterocycles. The molecule has 2 rings (SSSR count). The van der Waals surface area contributed by atoms with Gasteiger partial charge in [-0.2, -0.15) is 0 Å². The van der Waals surface area contributed by atoms with Gasteiger partial charge in [-0.25, -0.2) is 0 Å². The Labute approximate surface area is 127 Å². The average molecular weight is 298 g/mol. The Balaban J connectivity index is 2.19. The van der Waals surface area contributed by atoms with Crippen molar-refractivity contribution in [2.45, 2.75) is 10.6 Å². The van der Waals surface area contributed by atoms with E-state index in [2.05, 4.69) is 11.8 Å². The van der Waals surface area contributed by atoms with Gasteiger partial charge in [0.2, 0.25) is 0 Å². The molecule has 0 heterocycles. The molecule has 0 spiro atoms. The predicted molar refractivity (Wildman–Crippen MR) is 85.0 cm³/mol. The van der Waals surface area contributed by atoms with Crippen LogP contribution in [0.25, 0.3) is 0 Å². The Morgan fingerprint density at radius 1 is 1.14 bits per heavy atom. The summed E-state index contributed by atoms with van der Waals surface area (Å²) in [6, 6.07) is 14.5. The number of rotatable bonds is 4. The normalized spacial score (nSPS) is 9.76. The lowest BCUT2D eigenvalue weighted by atomic mass is 10.1. The second-order valence-electron chi connectivity index (χ2n) is 4.18. The van der Waals surface area contributed by atoms with E-state index in [1.807, 2.05) is 24.3 Å². The summed E-state index contributed by atoms with van der Waals surface area (Å²) >= 11 is 1.44. The summed E-state index contributed by atoms with van der Waals surface area (Å²) < 4.78 is 0. The van der Waals surface area contributed by atoms with Crippen LogP contribution in [0.2, 0.25) is 0 Å². The van der Waals surface area contributed by atoms with Gasteiger partial charge in [0.05, 0.1) is 16.4 Å². The van der Waals surface area contributed by atoms with E-state index in [1.165, 1.54) is 17.8 Å². The van der Waals surface area contributed by atoms with E-state index < -0.39 is 0 Å². The maximum Gasteiger partial charge on any atom is 0.282 e. The summed E-state index contributed by atoms with van der Waals surface area (Å²) in [5.41, 5.74) is 7.48. The van der Waals surface area contributed by atoms with Crippen LogP contribution in [0.1, 0.15) is 11.1 Å². The smallest absolute Gasteiger partial charge is 0.282 e. The number of hydrogen-bond acceptors (Lipinski definition) is 4. The Kier molecular flexibility index (Phi) is 5.38. The lowest BCUT2D eigenvalue weighted by molar-refractivity contribution is -0.387. The molecule has 2 aromatic carbocycles. The minimum absolute atomic E-state index is 0.132. The molecule has 0 aromatic heterocycles. The van der Waals surface area contributed by atoms with Gasteiger partial charge >= 0.3 is 0 Å². The van der Waals surface area contributed by atoms with Crippen molar-refractivity contribution in [2.24, 2.45) is 5.73 Å². The molecule has 2 aromatic rings. The van der Waals surface area contributed by atoms with Gasteiger partial charge in [0, 0.05) is 17.4 Å². The quantitative estimate of drug-likeness (QED) is 0.407. The summed E-state index contributed by atoms with van der Waals surface area (Å²) in [5.74, 6) is 6.48. The van der Waals surface area contributed by atoms with E-state index in [1.54, 1.807) is 18.2 Å². The van der Waals surface area contributed by atoms with Crippen molar-refractivity contribution in [1.82, 2.24) is 0 Å². The van der Waals surface area contributed by atoms with Gasteiger partial charge in [0.25, 0.3) is 5.69 Å². The van der Waals surface area contributed by atoms with Gasteiger partial charge in [-0.15, -0.1) is 11.8 Å². The molecule has 2 N–H and O–H groups in total. The van der Waals surface area contributed by atoms with Crippen LogP contribution >= 0.6 is 11.8 Å². The van der Waals surface area contributed by atoms with E-state index in [4.69, 9.17) is 5.73 Å². The number of nitro groups is 1. The molecule has 0 saturated carbocycles. The van der Waals surface area contributed by atoms with Crippen molar-refractivity contribution in [3.05, 3.63) is 69.8 Å². The summed E-state index contributed by atoms with van der Waals surface area (Å²) in [7, 11) is 0. The van der Waals surface area contributed by atoms with Crippen LogP contribution in [0.4, 0.5) is 5.69 Å². The standard InChI is InChI=1S/C16H14N2O2S/c17-11-5-8-13-6-1-2-7-14(13)12-21-16-10-4-3-9-15(16)18(19)20/h1-4,6-7,9-10H,11-12,17H2. The van der Waals surface area contributed by atoms with Gasteiger partial charge in [-0.3, -0.25) is 10.1 Å². The lowest BCUT2D eigenvalue weighted by Gasteiger charge is -2.05. The van der Waals surface area contributed by atoms with E-state index >= 15 is 0 Å². The number of hydrogen-bond donors (Lipinski definition) is 1. The highest BCUT2D eigenvalue weighted by Crippen LogP contribution is 2.31. The molecule has 0 aliphatic rings. The molecule has 4 nitrogen and oxygen atoms in total. The largest absolute Gasteiger partial charge is 0.320 e. The molecular weight excluding hydrogens is 284 g/mol. The topological polar surface area (TPSA) is 69.2 Å². The Morgan fingerprint density at radius 3 is 2.62 bits per heavy atom. The maximum atomic E-state index is 11.0. The van der Waals surface area contributed by atoms with E-state index in [-0.39, 0.29) is 10.6 Å². The first-order valence-corrected chi connectivity index (χ1v) is 7.34. The van der Waals surface area contributed by atoms with Crippen LogP contribution in [-0.2, 0) is 5.75 Å². The minimum Gasteiger partial charge on any atom is -0.320 e. The number of benzene rings is 2. The number of nitrogens with zero attached hydrogens (tertiary/aromatic N) is 1. The first-order chi connectivity index (χ1) is 10.2. The molecule has 21 heavy (non-hydrogen) atoms. The SMILES string of the molecule is NCC#Cc1ccccc1CSc1ccccc1[N+](=O)[O-]. The predicted octanol–water partition coefficient (Wildman–Crippen LogP) is 3.20. The maximum absolute atomic E-state index is 11.0. The van der Waals surface area contributed by atoms with E-state index in [0.717, 1.165) is 11.1 Å². The fourth-order valence-corrected chi connectivity index (χ4v) is 2.83. The molecule has 0 fully saturated rings. The Hall–Kier alpha value is -2.29. The molecule has 0 radical (unpaired) electrons. The van der Waals surface area contributed by atoms with Crippen LogP contribution in [0.3, 0.4) is 0 Å². The van der Waals surface area contributed by atoms with Gasteiger partial charge < -0.3 is 5.73 Å². The second kappa shape index (κ2) is 7.48. The molecule has 0 amide bonds. The van der Waals surface area contributed by atoms with Crippen molar-refractivity contribution in [1.29, 1.82) is 0 Å². The zero-order chi connectivity index (χ0) is 15.1. The fraction of sp³-hybridized carbons (Fsp3) is 0.125. The Bertz CT molecular complexity index is 705. The third kappa shape index (κ3) is 4.09. The van der Waals surface area contributed by atoms with Crippen LogP contribution in [0.5, 0.6) is 0 Å². The summed E-state index contributed by atoms with van der Waals surface area (Å²) in [4.78, 5) is 11.3. The first-order valence-electron chi connectivity index (χ1n) is 6.35. The van der Waals surface area contributed by atoms with Crippen LogP contribution < -0.4 is 5.73 Å². The Morgan fingerprint density at radius 2 is 1.86 bits per heavy atom. The van der Waals surface area contributed by atoms with Crippen molar-refractivity contribution in [2.75, 3.05) is 6.54 Å². The zero-order valence-corrected chi connectivity index (χ0v) is 12.1. The first kappa shape index (κ1) is 15.1. The summed E-state index contributed by atoms with van der Waals surface area (Å²) in [6.45, 7) is 0.311. The summed E-state index contributed by atoms with van der Waals surface area (Å²) in [5, 5.41) is 11.0. The molecule has 0 bridgehead atoms. The van der Waals surface area contributed by atoms with E-state index in [0.29, 0.717) is 17.2 Å². The second-order valence-corrected chi connectivity index (χ2v) is 5.19. The van der Waals surface area contributed by atoms with Crippen molar-refractivity contribution in [3.8, 4) is 11.8 Å². The fourth-order valence-electron chi connectivity index (χ4n) is 1.80. The molecule has 106 valence electrons. The molecule has 5 heteroatoms. The van der Waals surface area contributed by atoms with Crippen LogP contribution in [0.15, 0.2) is 53.4 Å². The van der Waals surface area contributed by atoms with Crippen LogP contribution in [-0.4, -0.2) is 11.5 Å².